The zero-order valence-electron chi connectivity index (χ0n) is 13.4. The van der Waals surface area contributed by atoms with Gasteiger partial charge in [-0.2, -0.15) is 0 Å². The number of anilines is 1. The highest BCUT2D eigenvalue weighted by Crippen LogP contribution is 2.38. The summed E-state index contributed by atoms with van der Waals surface area (Å²) in [4.78, 5) is 27.6. The van der Waals surface area contributed by atoms with E-state index >= 15 is 0 Å². The minimum atomic E-state index is -0.383. The van der Waals surface area contributed by atoms with Crippen LogP contribution in [0.2, 0.25) is 5.02 Å². The Morgan fingerprint density at radius 2 is 2.29 bits per heavy atom. The molecule has 1 fully saturated rings. The summed E-state index contributed by atoms with van der Waals surface area (Å²) >= 11 is 7.39. The van der Waals surface area contributed by atoms with Gasteiger partial charge in [-0.15, -0.1) is 24.2 Å². The quantitative estimate of drug-likeness (QED) is 0.833. The van der Waals surface area contributed by atoms with E-state index in [1.807, 2.05) is 18.0 Å². The van der Waals surface area contributed by atoms with Gasteiger partial charge in [0, 0.05) is 35.5 Å². The van der Waals surface area contributed by atoms with Crippen molar-refractivity contribution in [1.29, 1.82) is 0 Å². The van der Waals surface area contributed by atoms with Gasteiger partial charge in [0.2, 0.25) is 11.8 Å². The minimum Gasteiger partial charge on any atom is -0.341 e. The molecule has 2 heterocycles. The molecular formula is C16H21Cl2N3O2S. The zero-order chi connectivity index (χ0) is 16.4. The van der Waals surface area contributed by atoms with Crippen LogP contribution in [0, 0.1) is 0 Å². The summed E-state index contributed by atoms with van der Waals surface area (Å²) in [6.45, 7) is 1.50. The number of thioether (sulfide) groups is 1. The number of carbonyl (C=O) groups is 2. The molecule has 132 valence electrons. The standard InChI is InChI=1S/C16H20ClN3O2S.ClH/c1-18-11-3-2-6-20(9-11)15(21)8-14-16(22)19-12-7-10(17)4-5-13(12)23-14;/h4-5,7,11,14,18H,2-3,6,8-9H2,1H3,(H,19,22);1H. The van der Waals surface area contributed by atoms with Crippen LogP contribution in [0.15, 0.2) is 23.1 Å². The van der Waals surface area contributed by atoms with E-state index in [1.165, 1.54) is 11.8 Å². The minimum absolute atomic E-state index is 0. The summed E-state index contributed by atoms with van der Waals surface area (Å²) < 4.78 is 0. The Balaban J connectivity index is 0.00000208. The van der Waals surface area contributed by atoms with Crippen molar-refractivity contribution in [1.82, 2.24) is 10.2 Å². The molecule has 0 aliphatic carbocycles. The van der Waals surface area contributed by atoms with Crippen molar-refractivity contribution in [3.05, 3.63) is 23.2 Å². The zero-order valence-corrected chi connectivity index (χ0v) is 15.8. The van der Waals surface area contributed by atoms with E-state index in [9.17, 15) is 9.59 Å². The normalized spacial score (nSPS) is 23.1. The van der Waals surface area contributed by atoms with Crippen LogP contribution in [0.25, 0.3) is 0 Å². The van der Waals surface area contributed by atoms with Crippen molar-refractivity contribution >= 4 is 53.3 Å². The maximum Gasteiger partial charge on any atom is 0.238 e. The lowest BCUT2D eigenvalue weighted by Gasteiger charge is -2.33. The van der Waals surface area contributed by atoms with Crippen molar-refractivity contribution < 1.29 is 9.59 Å². The summed E-state index contributed by atoms with van der Waals surface area (Å²) in [5, 5.41) is 6.29. The molecule has 0 spiro atoms. The molecule has 3 rings (SSSR count). The molecule has 2 unspecified atom stereocenters. The molecule has 0 bridgehead atoms. The van der Waals surface area contributed by atoms with Gasteiger partial charge in [0.25, 0.3) is 0 Å². The fourth-order valence-corrected chi connectivity index (χ4v) is 4.24. The number of hydrogen-bond donors (Lipinski definition) is 2. The maximum atomic E-state index is 12.5. The number of rotatable bonds is 3. The van der Waals surface area contributed by atoms with Crippen LogP contribution in [-0.2, 0) is 9.59 Å². The van der Waals surface area contributed by atoms with Gasteiger partial charge >= 0.3 is 0 Å². The number of halogens is 2. The molecule has 0 aromatic heterocycles. The van der Waals surface area contributed by atoms with Gasteiger partial charge in [-0.25, -0.2) is 0 Å². The van der Waals surface area contributed by atoms with E-state index in [-0.39, 0.29) is 35.9 Å². The molecule has 5 nitrogen and oxygen atoms in total. The van der Waals surface area contributed by atoms with E-state index in [4.69, 9.17) is 11.6 Å². The van der Waals surface area contributed by atoms with Crippen molar-refractivity contribution in [3.63, 3.8) is 0 Å². The molecule has 2 aliphatic heterocycles. The first-order valence-electron chi connectivity index (χ1n) is 7.79. The van der Waals surface area contributed by atoms with E-state index in [1.54, 1.807) is 12.1 Å². The van der Waals surface area contributed by atoms with Crippen LogP contribution in [0.5, 0.6) is 0 Å². The molecule has 1 saturated heterocycles. The highest BCUT2D eigenvalue weighted by Gasteiger charge is 2.32. The van der Waals surface area contributed by atoms with Crippen molar-refractivity contribution in [3.8, 4) is 0 Å². The van der Waals surface area contributed by atoms with Crippen LogP contribution >= 0.6 is 35.8 Å². The summed E-state index contributed by atoms with van der Waals surface area (Å²) in [5.41, 5.74) is 0.726. The number of hydrogen-bond acceptors (Lipinski definition) is 4. The van der Waals surface area contributed by atoms with Crippen molar-refractivity contribution in [2.24, 2.45) is 0 Å². The molecule has 1 aromatic carbocycles. The van der Waals surface area contributed by atoms with E-state index in [0.29, 0.717) is 11.1 Å². The molecule has 2 aliphatic rings. The van der Waals surface area contributed by atoms with Crippen LogP contribution in [0.1, 0.15) is 19.3 Å². The van der Waals surface area contributed by atoms with Crippen molar-refractivity contribution in [2.45, 2.75) is 35.4 Å². The van der Waals surface area contributed by atoms with Crippen molar-refractivity contribution in [2.75, 3.05) is 25.5 Å². The monoisotopic (exact) mass is 389 g/mol. The van der Waals surface area contributed by atoms with Gasteiger partial charge in [-0.3, -0.25) is 9.59 Å². The van der Waals surface area contributed by atoms with E-state index < -0.39 is 0 Å². The van der Waals surface area contributed by atoms with Gasteiger partial charge in [-0.1, -0.05) is 11.6 Å². The molecule has 2 atom stereocenters. The number of carbonyl (C=O) groups excluding carboxylic acids is 2. The third-order valence-electron chi connectivity index (χ3n) is 4.30. The molecule has 0 radical (unpaired) electrons. The summed E-state index contributed by atoms with van der Waals surface area (Å²) in [7, 11) is 1.92. The predicted molar refractivity (Wildman–Crippen MR) is 100 cm³/mol. The Morgan fingerprint density at radius 1 is 1.50 bits per heavy atom. The van der Waals surface area contributed by atoms with Gasteiger partial charge < -0.3 is 15.5 Å². The number of piperidine rings is 1. The SMILES string of the molecule is CNC1CCCN(C(=O)CC2Sc3ccc(Cl)cc3NC2=O)C1.Cl. The summed E-state index contributed by atoms with van der Waals surface area (Å²) in [6, 6.07) is 5.77. The van der Waals surface area contributed by atoms with Crippen LogP contribution < -0.4 is 10.6 Å². The van der Waals surface area contributed by atoms with Gasteiger partial charge in [0.15, 0.2) is 0 Å². The number of nitrogens with one attached hydrogen (secondary N) is 2. The number of likely N-dealkylation sites (N-methyl/N-ethyl adjacent to an activating group) is 1. The first-order chi connectivity index (χ1) is 11.1. The second-order valence-electron chi connectivity index (χ2n) is 5.91. The van der Waals surface area contributed by atoms with Gasteiger partial charge in [-0.05, 0) is 38.1 Å². The third-order valence-corrected chi connectivity index (χ3v) is 5.81. The van der Waals surface area contributed by atoms with Crippen LogP contribution in [0.3, 0.4) is 0 Å². The first kappa shape index (κ1) is 19.4. The van der Waals surface area contributed by atoms with Crippen LogP contribution in [-0.4, -0.2) is 48.1 Å². The second-order valence-corrected chi connectivity index (χ2v) is 7.59. The lowest BCUT2D eigenvalue weighted by Crippen LogP contribution is -2.48. The number of nitrogens with zero attached hydrogens (tertiary/aromatic N) is 1. The second kappa shape index (κ2) is 8.43. The topological polar surface area (TPSA) is 61.4 Å². The number of benzene rings is 1. The number of fused-ring (bicyclic) bond motifs is 1. The average molecular weight is 390 g/mol. The molecule has 0 saturated carbocycles. The molecule has 2 amide bonds. The molecule has 2 N–H and O–H groups in total. The largest absolute Gasteiger partial charge is 0.341 e. The highest BCUT2D eigenvalue weighted by atomic mass is 35.5. The van der Waals surface area contributed by atoms with E-state index in [2.05, 4.69) is 10.6 Å². The molecule has 24 heavy (non-hydrogen) atoms. The van der Waals surface area contributed by atoms with Crippen LogP contribution in [0.4, 0.5) is 5.69 Å². The van der Waals surface area contributed by atoms with E-state index in [0.717, 1.165) is 36.5 Å². The molecule has 8 heteroatoms. The third kappa shape index (κ3) is 4.36. The lowest BCUT2D eigenvalue weighted by atomic mass is 10.1. The average Bonchev–Trinajstić information content (AvgIpc) is 2.55. The maximum absolute atomic E-state index is 12.5. The summed E-state index contributed by atoms with van der Waals surface area (Å²) in [5.74, 6) is -0.0738. The summed E-state index contributed by atoms with van der Waals surface area (Å²) in [6.07, 6.45) is 2.32. The highest BCUT2D eigenvalue weighted by molar-refractivity contribution is 8.01. The number of likely N-dealkylation sites (tertiary alicyclic amines) is 1. The Bertz CT molecular complexity index is 629. The Labute approximate surface area is 157 Å². The molecular weight excluding hydrogens is 369 g/mol. The fourth-order valence-electron chi connectivity index (χ4n) is 2.98. The fraction of sp³-hybridized carbons (Fsp3) is 0.500. The number of amides is 2. The Kier molecular flexibility index (Phi) is 6.80. The lowest BCUT2D eigenvalue weighted by molar-refractivity contribution is -0.133. The smallest absolute Gasteiger partial charge is 0.238 e. The molecule has 1 aromatic rings. The predicted octanol–water partition coefficient (Wildman–Crippen LogP) is 2.78. The Hall–Kier alpha value is -0.950. The first-order valence-corrected chi connectivity index (χ1v) is 9.04. The van der Waals surface area contributed by atoms with Gasteiger partial charge in [0.1, 0.15) is 0 Å². The van der Waals surface area contributed by atoms with Gasteiger partial charge in [0.05, 0.1) is 10.9 Å². The Morgan fingerprint density at radius 3 is 3.04 bits per heavy atom.